The van der Waals surface area contributed by atoms with Gasteiger partial charge >= 0.3 is 14.8 Å². The molecule has 0 saturated carbocycles. The van der Waals surface area contributed by atoms with Crippen LogP contribution in [0.2, 0.25) is 22.7 Å². The molecule has 0 aliphatic carbocycles. The van der Waals surface area contributed by atoms with Crippen LogP contribution in [0, 0.1) is 0 Å². The summed E-state index contributed by atoms with van der Waals surface area (Å²) < 4.78 is 22.8. The number of carbonyl (C=O) groups is 1. The van der Waals surface area contributed by atoms with E-state index >= 15 is 0 Å². The van der Waals surface area contributed by atoms with E-state index in [-0.39, 0.29) is 0 Å². The molecule has 0 amide bonds. The number of unbranched alkanes of at least 4 members (excludes halogenated alkanes) is 6. The molecule has 0 aromatic carbocycles. The third kappa shape index (κ3) is 10.9. The molecule has 0 aliphatic heterocycles. The van der Waals surface area contributed by atoms with Gasteiger partial charge in [-0.05, 0) is 36.0 Å². The smallest absolute Gasteiger partial charge is 0.479 e. The molecule has 1 unspecified atom stereocenters. The Hall–Kier alpha value is -0.296. The van der Waals surface area contributed by atoms with Crippen LogP contribution in [0.4, 0.5) is 0 Å². The lowest BCUT2D eigenvalue weighted by atomic mass is 10.1. The van der Waals surface area contributed by atoms with Gasteiger partial charge in [-0.2, -0.15) is 0 Å². The molecule has 198 valence electrons. The lowest BCUT2D eigenvalue weighted by molar-refractivity contribution is -0.145. The number of carboxylic acids is 1. The fraction of sp³-hybridized carbons (Fsp3) is 0.958. The Morgan fingerprint density at radius 3 is 1.58 bits per heavy atom. The van der Waals surface area contributed by atoms with Gasteiger partial charge in [0.05, 0.1) is 0 Å². The number of carboxylic acid groups (broad SMARTS) is 1. The number of nitrogens with one attached hydrogen (secondary N) is 1. The second-order valence-electron chi connectivity index (χ2n) is 9.99. The fourth-order valence-corrected chi connectivity index (χ4v) is 12.4. The third-order valence-electron chi connectivity index (χ3n) is 6.93. The van der Waals surface area contributed by atoms with E-state index < -0.39 is 29.2 Å². The van der Waals surface area contributed by atoms with E-state index in [9.17, 15) is 9.90 Å². The molecule has 2 N–H and O–H groups in total. The first-order valence-corrected chi connectivity index (χ1v) is 16.9. The van der Waals surface area contributed by atoms with Crippen LogP contribution in [0.5, 0.6) is 0 Å². The Labute approximate surface area is 205 Å². The van der Waals surface area contributed by atoms with Crippen molar-refractivity contribution in [2.45, 2.75) is 115 Å². The fourth-order valence-electron chi connectivity index (χ4n) is 5.10. The summed E-state index contributed by atoms with van der Waals surface area (Å²) in [6, 6.07) is 0.863. The zero-order valence-corrected chi connectivity index (χ0v) is 24.9. The lowest BCUT2D eigenvalue weighted by Gasteiger charge is -2.43. The van der Waals surface area contributed by atoms with Crippen molar-refractivity contribution in [3.05, 3.63) is 0 Å². The van der Waals surface area contributed by atoms with Crippen molar-refractivity contribution in [2.24, 2.45) is 0 Å². The van der Waals surface area contributed by atoms with Crippen LogP contribution in [0.3, 0.4) is 0 Å². The van der Waals surface area contributed by atoms with Crippen molar-refractivity contribution in [1.82, 2.24) is 5.32 Å². The van der Waals surface area contributed by atoms with Gasteiger partial charge in [0.1, 0.15) is 0 Å². The minimum atomic E-state index is -2.42. The average Bonchev–Trinajstić information content (AvgIpc) is 2.76. The maximum absolute atomic E-state index is 11.9. The van der Waals surface area contributed by atoms with Crippen LogP contribution in [0.25, 0.3) is 0 Å². The van der Waals surface area contributed by atoms with E-state index in [0.29, 0.717) is 23.2 Å². The lowest BCUT2D eigenvalue weighted by Crippen LogP contribution is -2.53. The molecule has 7 nitrogen and oxygen atoms in total. The molecule has 0 rings (SSSR count). The molecule has 33 heavy (non-hydrogen) atoms. The molecule has 0 saturated heterocycles. The van der Waals surface area contributed by atoms with Crippen molar-refractivity contribution >= 4 is 23.1 Å². The minimum absolute atomic E-state index is 0.372. The summed E-state index contributed by atoms with van der Waals surface area (Å²) in [7, 11) is 0.356. The summed E-state index contributed by atoms with van der Waals surface area (Å²) in [5, 5.41) is 13.1. The molecule has 0 aliphatic rings. The van der Waals surface area contributed by atoms with Crippen molar-refractivity contribution in [1.29, 1.82) is 0 Å². The summed E-state index contributed by atoms with van der Waals surface area (Å²) in [5.41, 5.74) is 1.12. The van der Waals surface area contributed by atoms with Gasteiger partial charge in [0.2, 0.25) is 8.32 Å². The molecule has 0 radical (unpaired) electrons. The average molecular weight is 508 g/mol. The molecular formula is C24H53NO6Si2. The Morgan fingerprint density at radius 2 is 1.18 bits per heavy atom. The van der Waals surface area contributed by atoms with Crippen molar-refractivity contribution in [2.75, 3.05) is 34.4 Å². The van der Waals surface area contributed by atoms with Gasteiger partial charge in [0, 0.05) is 33.9 Å². The first-order valence-electron chi connectivity index (χ1n) is 12.8. The number of rotatable bonds is 21. The van der Waals surface area contributed by atoms with Crippen LogP contribution in [-0.2, 0) is 22.5 Å². The zero-order valence-electron chi connectivity index (χ0n) is 22.9. The predicted molar refractivity (Wildman–Crippen MR) is 140 cm³/mol. The predicted octanol–water partition coefficient (Wildman–Crippen LogP) is 5.83. The van der Waals surface area contributed by atoms with Gasteiger partial charge in [0.25, 0.3) is 0 Å². The molecular weight excluding hydrogens is 454 g/mol. The first kappa shape index (κ1) is 32.7. The van der Waals surface area contributed by atoms with E-state index in [1.54, 1.807) is 21.3 Å². The highest BCUT2D eigenvalue weighted by Gasteiger charge is 2.47. The molecule has 0 bridgehead atoms. The van der Waals surface area contributed by atoms with Gasteiger partial charge < -0.3 is 28.1 Å². The molecule has 0 aromatic rings. The summed E-state index contributed by atoms with van der Waals surface area (Å²) in [5.74, 6) is -0.858. The SMILES string of the molecule is CO[Si](CCCCCCCCCNCC(O[Si](C(C)C)(C(C)C)C(C)C)C(=O)O)(OC)OC. The Morgan fingerprint density at radius 1 is 0.758 bits per heavy atom. The first-order chi connectivity index (χ1) is 15.5. The summed E-state index contributed by atoms with van der Waals surface area (Å²) in [4.78, 5) is 11.9. The summed E-state index contributed by atoms with van der Waals surface area (Å²) >= 11 is 0. The Balaban J connectivity index is 4.19. The van der Waals surface area contributed by atoms with Crippen molar-refractivity contribution in [3.63, 3.8) is 0 Å². The van der Waals surface area contributed by atoms with E-state index in [4.69, 9.17) is 17.7 Å². The minimum Gasteiger partial charge on any atom is -0.479 e. The van der Waals surface area contributed by atoms with Gasteiger partial charge in [-0.15, -0.1) is 0 Å². The largest absolute Gasteiger partial charge is 0.500 e. The van der Waals surface area contributed by atoms with Crippen LogP contribution in [0.1, 0.15) is 86.5 Å². The Kier molecular flexibility index (Phi) is 17.0. The maximum atomic E-state index is 11.9. The van der Waals surface area contributed by atoms with Crippen LogP contribution in [-0.4, -0.2) is 68.7 Å². The van der Waals surface area contributed by atoms with E-state index in [2.05, 4.69) is 46.9 Å². The van der Waals surface area contributed by atoms with E-state index in [1.807, 2.05) is 0 Å². The van der Waals surface area contributed by atoms with Gasteiger partial charge in [-0.1, -0.05) is 73.6 Å². The number of hydrogen-bond acceptors (Lipinski definition) is 6. The van der Waals surface area contributed by atoms with Crippen molar-refractivity contribution < 1.29 is 27.6 Å². The standard InChI is InChI=1S/C24H53NO6Si2/c1-20(2)33(21(3)4,22(5)6)31-23(24(26)27)19-25-17-15-13-11-10-12-14-16-18-32(28-7,29-8)30-9/h20-23,25H,10-19H2,1-9H3,(H,26,27). The van der Waals surface area contributed by atoms with E-state index in [1.165, 1.54) is 19.3 Å². The normalized spacial score (nSPS) is 13.9. The second-order valence-corrected chi connectivity index (χ2v) is 18.5. The van der Waals surface area contributed by atoms with Gasteiger partial charge in [-0.25, -0.2) is 4.79 Å². The molecule has 0 heterocycles. The highest BCUT2D eigenvalue weighted by atomic mass is 28.4. The van der Waals surface area contributed by atoms with Crippen molar-refractivity contribution in [3.8, 4) is 0 Å². The topological polar surface area (TPSA) is 86.3 Å². The zero-order chi connectivity index (χ0) is 25.5. The van der Waals surface area contributed by atoms with Gasteiger partial charge in [0.15, 0.2) is 6.10 Å². The molecule has 0 spiro atoms. The van der Waals surface area contributed by atoms with Gasteiger partial charge in [-0.3, -0.25) is 0 Å². The molecule has 0 fully saturated rings. The highest BCUT2D eigenvalue weighted by Crippen LogP contribution is 2.43. The quantitative estimate of drug-likeness (QED) is 0.149. The van der Waals surface area contributed by atoms with E-state index in [0.717, 1.165) is 38.3 Å². The second kappa shape index (κ2) is 17.2. The summed E-state index contributed by atoms with van der Waals surface area (Å²) in [6.07, 6.45) is 7.28. The molecule has 0 aromatic heterocycles. The Bertz CT molecular complexity index is 485. The monoisotopic (exact) mass is 507 g/mol. The third-order valence-corrected chi connectivity index (χ3v) is 15.9. The highest BCUT2D eigenvalue weighted by molar-refractivity contribution is 6.77. The summed E-state index contributed by atoms with van der Waals surface area (Å²) in [6.45, 7) is 14.3. The number of hydrogen-bond donors (Lipinski definition) is 2. The van der Waals surface area contributed by atoms with Crippen LogP contribution < -0.4 is 5.32 Å². The molecule has 1 atom stereocenters. The number of aliphatic carboxylic acids is 1. The van der Waals surface area contributed by atoms with Crippen LogP contribution >= 0.6 is 0 Å². The molecule has 9 heteroatoms. The maximum Gasteiger partial charge on any atom is 0.500 e. The van der Waals surface area contributed by atoms with Crippen LogP contribution in [0.15, 0.2) is 0 Å².